The van der Waals surface area contributed by atoms with Gasteiger partial charge in [-0.1, -0.05) is 0 Å². The third-order valence-electron chi connectivity index (χ3n) is 0.892. The minimum absolute atomic E-state index is 0. The second-order valence-corrected chi connectivity index (χ2v) is 1.47. The van der Waals surface area contributed by atoms with E-state index < -0.39 is 0 Å². The standard InChI is InChI=1S/C7H5O.6FH.Sb/c8-6-7-4-2-1-3-5-7;;;;;;;/h1-5H;6*1H;/q+1;;;;;;;/p-6. The fourth-order valence-corrected chi connectivity index (χ4v) is 0.506. The van der Waals surface area contributed by atoms with Gasteiger partial charge in [0.15, 0.2) is 0 Å². The van der Waals surface area contributed by atoms with Gasteiger partial charge < -0.3 is 28.2 Å². The fraction of sp³-hybridized carbons (Fsp3) is 0. The molecule has 8 heteroatoms. The molecule has 0 saturated heterocycles. The smallest absolute Gasteiger partial charge is 0.303 e. The van der Waals surface area contributed by atoms with E-state index in [9.17, 15) is 4.79 Å². The van der Waals surface area contributed by atoms with Crippen LogP contribution in [0.5, 0.6) is 0 Å². The summed E-state index contributed by atoms with van der Waals surface area (Å²) in [7, 11) is 0. The van der Waals surface area contributed by atoms with Crippen molar-refractivity contribution in [3.8, 4) is 0 Å². The van der Waals surface area contributed by atoms with Gasteiger partial charge in [-0.3, -0.25) is 0 Å². The first-order valence-corrected chi connectivity index (χ1v) is 2.36. The Labute approximate surface area is 99.9 Å². The molecule has 0 N–H and O–H groups in total. The Bertz CT molecular complexity index is 186. The summed E-state index contributed by atoms with van der Waals surface area (Å²) in [5.74, 6) is 0. The molecule has 0 saturated carbocycles. The molecule has 0 aliphatic heterocycles. The van der Waals surface area contributed by atoms with E-state index in [1.165, 1.54) is 0 Å². The monoisotopic (exact) mass is 340 g/mol. The van der Waals surface area contributed by atoms with Gasteiger partial charge in [0.2, 0.25) is 5.56 Å². The van der Waals surface area contributed by atoms with Crippen LogP contribution in [0.1, 0.15) is 5.56 Å². The normalized spacial score (nSPS) is 4.27. The molecule has 3 radical (unpaired) electrons. The van der Waals surface area contributed by atoms with Crippen LogP contribution in [0, 0.1) is 0 Å². The molecule has 0 heterocycles. The number of benzene rings is 1. The molecular formula is C7H5F6OSb-5. The molecule has 0 aliphatic carbocycles. The maximum Gasteiger partial charge on any atom is 0.303 e. The van der Waals surface area contributed by atoms with Crippen LogP contribution in [-0.4, -0.2) is 30.7 Å². The number of hydrogen-bond donors (Lipinski definition) is 0. The summed E-state index contributed by atoms with van der Waals surface area (Å²) in [6, 6.07) is 8.90. The summed E-state index contributed by atoms with van der Waals surface area (Å²) in [5.41, 5.74) is 0.604. The van der Waals surface area contributed by atoms with E-state index in [1.54, 1.807) is 30.6 Å². The molecular weight excluding hydrogens is 336 g/mol. The van der Waals surface area contributed by atoms with Gasteiger partial charge in [-0.25, -0.2) is 0 Å². The summed E-state index contributed by atoms with van der Waals surface area (Å²) >= 11 is 0. The van der Waals surface area contributed by atoms with Crippen molar-refractivity contribution in [2.75, 3.05) is 0 Å². The molecule has 0 bridgehead atoms. The molecule has 0 unspecified atom stereocenters. The summed E-state index contributed by atoms with van der Waals surface area (Å²) in [6.07, 6.45) is 1.78. The zero-order chi connectivity index (χ0) is 5.82. The predicted molar refractivity (Wildman–Crippen MR) is 37.0 cm³/mol. The summed E-state index contributed by atoms with van der Waals surface area (Å²) in [6.45, 7) is 0. The maximum atomic E-state index is 9.88. The maximum absolute atomic E-state index is 9.88. The Balaban J connectivity index is -0.0000000183. The third-order valence-corrected chi connectivity index (χ3v) is 0.892. The number of carbonyl (C=O) groups excluding carboxylic acids is 1. The Morgan fingerprint density at radius 3 is 1.27 bits per heavy atom. The van der Waals surface area contributed by atoms with E-state index in [0.29, 0.717) is 5.56 Å². The Morgan fingerprint density at radius 2 is 1.07 bits per heavy atom. The van der Waals surface area contributed by atoms with Crippen molar-refractivity contribution in [2.45, 2.75) is 0 Å². The minimum Gasteiger partial charge on any atom is -1.00 e. The number of hydrogen-bond acceptors (Lipinski definition) is 1. The molecule has 0 amide bonds. The van der Waals surface area contributed by atoms with Crippen LogP contribution in [0.25, 0.3) is 0 Å². The van der Waals surface area contributed by atoms with Crippen molar-refractivity contribution in [3.63, 3.8) is 0 Å². The Kier molecular flexibility index (Phi) is 93.0. The van der Waals surface area contributed by atoms with Crippen LogP contribution in [0.15, 0.2) is 30.3 Å². The Hall–Kier alpha value is -0.802. The van der Waals surface area contributed by atoms with Crippen LogP contribution in [0.3, 0.4) is 0 Å². The first-order chi connectivity index (χ1) is 3.93. The molecule has 0 aromatic heterocycles. The van der Waals surface area contributed by atoms with Crippen molar-refractivity contribution in [3.05, 3.63) is 35.9 Å². The molecule has 0 spiro atoms. The van der Waals surface area contributed by atoms with Crippen molar-refractivity contribution in [2.24, 2.45) is 0 Å². The first kappa shape index (κ1) is 47.7. The summed E-state index contributed by atoms with van der Waals surface area (Å²) in [5, 5.41) is 0. The van der Waals surface area contributed by atoms with Crippen molar-refractivity contribution in [1.29, 1.82) is 0 Å². The zero-order valence-electron chi connectivity index (χ0n) is 7.01. The van der Waals surface area contributed by atoms with Gasteiger partial charge in [0.25, 0.3) is 0 Å². The van der Waals surface area contributed by atoms with Crippen molar-refractivity contribution >= 4 is 30.7 Å². The molecule has 1 aromatic rings. The van der Waals surface area contributed by atoms with Gasteiger partial charge >= 0.3 is 6.29 Å². The topological polar surface area (TPSA) is 17.1 Å². The molecule has 91 valence electrons. The van der Waals surface area contributed by atoms with E-state index in [1.807, 2.05) is 6.07 Å². The SMILES string of the molecule is O=[C+]c1ccccc1.[F-].[F-].[F-].[F-].[F-].[F-].[Sb]. The molecule has 1 aromatic carbocycles. The van der Waals surface area contributed by atoms with Gasteiger partial charge in [0.1, 0.15) is 0 Å². The molecule has 0 atom stereocenters. The van der Waals surface area contributed by atoms with E-state index in [2.05, 4.69) is 0 Å². The van der Waals surface area contributed by atoms with E-state index in [4.69, 9.17) is 0 Å². The third kappa shape index (κ3) is 19.6. The van der Waals surface area contributed by atoms with Crippen LogP contribution >= 0.6 is 0 Å². The van der Waals surface area contributed by atoms with Crippen molar-refractivity contribution < 1.29 is 33.0 Å². The quantitative estimate of drug-likeness (QED) is 0.282. The zero-order valence-corrected chi connectivity index (χ0v) is 9.56. The second kappa shape index (κ2) is 29.2. The Morgan fingerprint density at radius 1 is 0.733 bits per heavy atom. The minimum atomic E-state index is 0. The van der Waals surface area contributed by atoms with Crippen molar-refractivity contribution in [1.82, 2.24) is 0 Å². The average molecular weight is 341 g/mol. The van der Waals surface area contributed by atoms with Gasteiger partial charge in [0, 0.05) is 24.4 Å². The summed E-state index contributed by atoms with van der Waals surface area (Å²) < 4.78 is 0. The van der Waals surface area contributed by atoms with Crippen LogP contribution < -0.4 is 28.2 Å². The summed E-state index contributed by atoms with van der Waals surface area (Å²) in [4.78, 5) is 9.88. The molecule has 1 rings (SSSR count). The second-order valence-electron chi connectivity index (χ2n) is 1.47. The fourth-order valence-electron chi connectivity index (χ4n) is 0.506. The van der Waals surface area contributed by atoms with Gasteiger partial charge in [-0.15, -0.1) is 4.79 Å². The molecule has 1 nitrogen and oxygen atoms in total. The first-order valence-electron chi connectivity index (χ1n) is 2.36. The van der Waals surface area contributed by atoms with Gasteiger partial charge in [-0.2, -0.15) is 0 Å². The number of rotatable bonds is 1. The molecule has 0 aliphatic rings. The van der Waals surface area contributed by atoms with Crippen LogP contribution in [-0.2, 0) is 4.79 Å². The van der Waals surface area contributed by atoms with E-state index in [0.717, 1.165) is 0 Å². The van der Waals surface area contributed by atoms with Crippen LogP contribution in [0.4, 0.5) is 0 Å². The predicted octanol–water partition coefficient (Wildman–Crippen LogP) is -17.2. The molecule has 15 heavy (non-hydrogen) atoms. The average Bonchev–Trinajstić information content (AvgIpc) is 1.90. The number of halogens is 6. The van der Waals surface area contributed by atoms with Gasteiger partial charge in [0.05, 0.1) is 12.1 Å². The van der Waals surface area contributed by atoms with E-state index >= 15 is 0 Å². The largest absolute Gasteiger partial charge is 1.00 e. The molecule has 0 fully saturated rings. The van der Waals surface area contributed by atoms with Gasteiger partial charge in [-0.05, 0) is 18.2 Å². The van der Waals surface area contributed by atoms with Crippen LogP contribution in [0.2, 0.25) is 0 Å². The van der Waals surface area contributed by atoms with E-state index in [-0.39, 0.29) is 52.7 Å².